The molecule has 1 aliphatic heterocycles. The molecular weight excluding hydrogens is 419 g/mol. The van der Waals surface area contributed by atoms with Gasteiger partial charge in [-0.1, -0.05) is 0 Å². The lowest BCUT2D eigenvalue weighted by molar-refractivity contribution is 0.578. The molecule has 2 heterocycles. The number of fused-ring (bicyclic) bond motifs is 1. The Balaban J connectivity index is 1.89. The van der Waals surface area contributed by atoms with E-state index in [0.29, 0.717) is 24.3 Å². The Morgan fingerprint density at radius 3 is 2.10 bits per heavy atom. The van der Waals surface area contributed by atoms with E-state index in [4.69, 9.17) is 0 Å². The molecule has 166 valence electrons. The van der Waals surface area contributed by atoms with Crippen LogP contribution in [0.5, 0.6) is 0 Å². The molecule has 1 aliphatic rings. The maximum absolute atomic E-state index is 13.3. The molecule has 0 amide bonds. The van der Waals surface area contributed by atoms with Crippen LogP contribution in [0.1, 0.15) is 33.1 Å². The number of sulfonamides is 1. The van der Waals surface area contributed by atoms with E-state index in [1.54, 1.807) is 15.2 Å². The number of aromatic nitrogens is 2. The Bertz CT molecular complexity index is 1260. The van der Waals surface area contributed by atoms with Crippen LogP contribution in [0.4, 0.5) is 15.8 Å². The largest absolute Gasteiger partial charge is 0.370 e. The Morgan fingerprint density at radius 2 is 1.52 bits per heavy atom. The fraction of sp³-hybridized carbons (Fsp3) is 0.409. The quantitative estimate of drug-likeness (QED) is 0.625. The minimum atomic E-state index is -3.93. The number of hydrogen-bond acceptors (Lipinski definition) is 4. The van der Waals surface area contributed by atoms with Crippen LogP contribution in [0.3, 0.4) is 0 Å². The summed E-state index contributed by atoms with van der Waals surface area (Å²) in [7, 11) is -3.93. The van der Waals surface area contributed by atoms with E-state index in [-0.39, 0.29) is 10.6 Å². The number of hydrogen-bond donors (Lipinski definition) is 1. The van der Waals surface area contributed by atoms with Crippen LogP contribution in [0.2, 0.25) is 0 Å². The maximum atomic E-state index is 13.3. The monoisotopic (exact) mass is 446 g/mol. The van der Waals surface area contributed by atoms with Crippen molar-refractivity contribution in [3.63, 3.8) is 0 Å². The van der Waals surface area contributed by atoms with Crippen molar-refractivity contribution < 1.29 is 12.8 Å². The highest BCUT2D eigenvalue weighted by atomic mass is 32.2. The summed E-state index contributed by atoms with van der Waals surface area (Å²) in [6, 6.07) is 8.40. The predicted molar refractivity (Wildman–Crippen MR) is 121 cm³/mol. The molecule has 0 radical (unpaired) electrons. The predicted octanol–water partition coefficient (Wildman–Crippen LogP) is 3.77. The van der Waals surface area contributed by atoms with E-state index in [0.717, 1.165) is 55.7 Å². The molecule has 0 spiro atoms. The third-order valence-corrected chi connectivity index (χ3v) is 7.22. The normalized spacial score (nSPS) is 14.9. The van der Waals surface area contributed by atoms with Crippen molar-refractivity contribution in [3.8, 4) is 0 Å². The topological polar surface area (TPSA) is 76.3 Å². The zero-order chi connectivity index (χ0) is 22.2. The SMILES string of the molecule is CCn1c(=O)n(CC)c2cc(N3CCCCC3)c(NS(=O)(=O)c3ccc(F)cc3)cc21. The van der Waals surface area contributed by atoms with Crippen LogP contribution >= 0.6 is 0 Å². The molecule has 2 aromatic carbocycles. The Kier molecular flexibility index (Phi) is 5.79. The molecule has 0 saturated carbocycles. The lowest BCUT2D eigenvalue weighted by Crippen LogP contribution is -2.30. The van der Waals surface area contributed by atoms with Crippen LogP contribution in [-0.4, -0.2) is 30.6 Å². The van der Waals surface area contributed by atoms with Gasteiger partial charge in [0.25, 0.3) is 10.0 Å². The van der Waals surface area contributed by atoms with Gasteiger partial charge in [0.15, 0.2) is 0 Å². The van der Waals surface area contributed by atoms with E-state index in [9.17, 15) is 17.6 Å². The van der Waals surface area contributed by atoms with Gasteiger partial charge in [-0.3, -0.25) is 13.9 Å². The minimum absolute atomic E-state index is 0.0161. The molecule has 1 aromatic heterocycles. The minimum Gasteiger partial charge on any atom is -0.370 e. The highest BCUT2D eigenvalue weighted by Gasteiger charge is 2.23. The molecule has 31 heavy (non-hydrogen) atoms. The van der Waals surface area contributed by atoms with Crippen molar-refractivity contribution in [2.45, 2.75) is 51.1 Å². The number of rotatable bonds is 6. The van der Waals surface area contributed by atoms with Crippen LogP contribution in [0, 0.1) is 5.82 Å². The third kappa shape index (κ3) is 3.94. The van der Waals surface area contributed by atoms with Crippen LogP contribution in [0.15, 0.2) is 46.1 Å². The average Bonchev–Trinajstić information content (AvgIpc) is 3.03. The van der Waals surface area contributed by atoms with Crippen LogP contribution < -0.4 is 15.3 Å². The fourth-order valence-electron chi connectivity index (χ4n) is 4.26. The molecule has 0 aliphatic carbocycles. The van der Waals surface area contributed by atoms with Gasteiger partial charge >= 0.3 is 5.69 Å². The van der Waals surface area contributed by atoms with Gasteiger partial charge < -0.3 is 4.90 Å². The first-order valence-electron chi connectivity index (χ1n) is 10.7. The second kappa shape index (κ2) is 8.37. The van der Waals surface area contributed by atoms with Crippen LogP contribution in [-0.2, 0) is 23.1 Å². The van der Waals surface area contributed by atoms with E-state index in [1.807, 2.05) is 19.9 Å². The van der Waals surface area contributed by atoms with E-state index in [2.05, 4.69) is 9.62 Å². The fourth-order valence-corrected chi connectivity index (χ4v) is 5.32. The lowest BCUT2D eigenvalue weighted by atomic mass is 10.1. The number of aryl methyl sites for hydroxylation is 2. The second-order valence-corrected chi connectivity index (χ2v) is 9.42. The van der Waals surface area contributed by atoms with Gasteiger partial charge in [0, 0.05) is 26.2 Å². The summed E-state index contributed by atoms with van der Waals surface area (Å²) < 4.78 is 45.4. The van der Waals surface area contributed by atoms with Gasteiger partial charge in [0.2, 0.25) is 0 Å². The van der Waals surface area contributed by atoms with Gasteiger partial charge in [-0.25, -0.2) is 17.6 Å². The van der Waals surface area contributed by atoms with Gasteiger partial charge in [-0.05, 0) is 69.5 Å². The van der Waals surface area contributed by atoms with Gasteiger partial charge in [-0.2, -0.15) is 0 Å². The standard InChI is InChI=1S/C22H27FN4O3S/c1-3-26-20-14-18(24-31(29,30)17-10-8-16(23)9-11-17)19(25-12-6-5-7-13-25)15-21(20)27(4-2)22(26)28/h8-11,14-15,24H,3-7,12-13H2,1-2H3. The van der Waals surface area contributed by atoms with E-state index < -0.39 is 15.8 Å². The van der Waals surface area contributed by atoms with Crippen molar-refractivity contribution in [2.75, 3.05) is 22.7 Å². The summed E-state index contributed by atoms with van der Waals surface area (Å²) in [5.74, 6) is -0.498. The first kappa shape index (κ1) is 21.4. The third-order valence-electron chi connectivity index (χ3n) is 5.83. The van der Waals surface area contributed by atoms with E-state index in [1.165, 1.54) is 12.1 Å². The van der Waals surface area contributed by atoms with Crippen molar-refractivity contribution in [3.05, 3.63) is 52.7 Å². The first-order valence-corrected chi connectivity index (χ1v) is 12.1. The maximum Gasteiger partial charge on any atom is 0.329 e. The van der Waals surface area contributed by atoms with Crippen LogP contribution in [0.25, 0.3) is 11.0 Å². The molecule has 7 nitrogen and oxygen atoms in total. The van der Waals surface area contributed by atoms with E-state index >= 15 is 0 Å². The van der Waals surface area contributed by atoms with Gasteiger partial charge in [0.1, 0.15) is 5.82 Å². The van der Waals surface area contributed by atoms with Gasteiger partial charge in [-0.15, -0.1) is 0 Å². The smallest absolute Gasteiger partial charge is 0.329 e. The molecule has 0 bridgehead atoms. The zero-order valence-electron chi connectivity index (χ0n) is 17.8. The molecule has 0 unspecified atom stereocenters. The number of anilines is 2. The highest BCUT2D eigenvalue weighted by molar-refractivity contribution is 7.92. The number of nitrogens with one attached hydrogen (secondary N) is 1. The van der Waals surface area contributed by atoms with Crippen molar-refractivity contribution in [1.82, 2.24) is 9.13 Å². The summed E-state index contributed by atoms with van der Waals surface area (Å²) in [6.45, 7) is 6.47. The summed E-state index contributed by atoms with van der Waals surface area (Å²) in [4.78, 5) is 15.0. The Morgan fingerprint density at radius 1 is 0.935 bits per heavy atom. The van der Waals surface area contributed by atoms with Crippen molar-refractivity contribution in [1.29, 1.82) is 0 Å². The second-order valence-electron chi connectivity index (χ2n) is 7.74. The number of benzene rings is 2. The molecule has 0 atom stereocenters. The highest BCUT2D eigenvalue weighted by Crippen LogP contribution is 2.34. The number of nitrogens with zero attached hydrogens (tertiary/aromatic N) is 3. The summed E-state index contributed by atoms with van der Waals surface area (Å²) >= 11 is 0. The van der Waals surface area contributed by atoms with Gasteiger partial charge in [0.05, 0.1) is 27.3 Å². The first-order chi connectivity index (χ1) is 14.9. The molecule has 3 aromatic rings. The molecule has 4 rings (SSSR count). The Labute approximate surface area is 181 Å². The number of piperidine rings is 1. The number of imidazole rings is 1. The van der Waals surface area contributed by atoms with Crippen molar-refractivity contribution in [2.24, 2.45) is 0 Å². The summed E-state index contributed by atoms with van der Waals surface area (Å²) in [5, 5.41) is 0. The number of halogens is 1. The molecule has 1 N–H and O–H groups in total. The Hall–Kier alpha value is -2.81. The average molecular weight is 447 g/mol. The molecule has 1 fully saturated rings. The summed E-state index contributed by atoms with van der Waals surface area (Å²) in [5.41, 5.74) is 2.55. The zero-order valence-corrected chi connectivity index (χ0v) is 18.6. The van der Waals surface area contributed by atoms with Crippen molar-refractivity contribution >= 4 is 32.4 Å². The molecule has 1 saturated heterocycles. The summed E-state index contributed by atoms with van der Waals surface area (Å²) in [6.07, 6.45) is 3.19. The molecular formula is C22H27FN4O3S. The molecule has 9 heteroatoms. The lowest BCUT2D eigenvalue weighted by Gasteiger charge is -2.31.